The summed E-state index contributed by atoms with van der Waals surface area (Å²) in [4.78, 5) is 0. The first-order chi connectivity index (χ1) is 5.92. The zero-order chi connectivity index (χ0) is 8.39. The fourth-order valence-electron chi connectivity index (χ4n) is 2.87. The van der Waals surface area contributed by atoms with Gasteiger partial charge in [0.05, 0.1) is 0 Å². The molecule has 1 heterocycles. The van der Waals surface area contributed by atoms with E-state index in [4.69, 9.17) is 5.73 Å². The van der Waals surface area contributed by atoms with Crippen molar-refractivity contribution in [3.8, 4) is 0 Å². The number of hydrogen-bond donors (Lipinski definition) is 1. The van der Waals surface area contributed by atoms with Crippen LogP contribution in [0.25, 0.3) is 0 Å². The molecule has 1 saturated heterocycles. The second-order valence-corrected chi connectivity index (χ2v) is 5.36. The Balaban J connectivity index is 1.92. The average molecular weight is 185 g/mol. The topological polar surface area (TPSA) is 26.0 Å². The van der Waals surface area contributed by atoms with Crippen LogP contribution in [0.5, 0.6) is 0 Å². The van der Waals surface area contributed by atoms with Crippen molar-refractivity contribution in [2.24, 2.45) is 23.5 Å². The van der Waals surface area contributed by atoms with E-state index in [9.17, 15) is 0 Å². The van der Waals surface area contributed by atoms with Gasteiger partial charge in [-0.2, -0.15) is 11.8 Å². The lowest BCUT2D eigenvalue weighted by atomic mass is 9.83. The van der Waals surface area contributed by atoms with Crippen molar-refractivity contribution in [3.05, 3.63) is 0 Å². The van der Waals surface area contributed by atoms with E-state index in [1.54, 1.807) is 0 Å². The first-order valence-electron chi connectivity index (χ1n) is 5.19. The Hall–Kier alpha value is 0.310. The van der Waals surface area contributed by atoms with Gasteiger partial charge in [0.25, 0.3) is 0 Å². The molecule has 2 fully saturated rings. The van der Waals surface area contributed by atoms with Crippen LogP contribution in [0.3, 0.4) is 0 Å². The summed E-state index contributed by atoms with van der Waals surface area (Å²) >= 11 is 2.14. The van der Waals surface area contributed by atoms with Gasteiger partial charge in [0.1, 0.15) is 0 Å². The van der Waals surface area contributed by atoms with Crippen LogP contribution >= 0.6 is 11.8 Å². The van der Waals surface area contributed by atoms with Crippen molar-refractivity contribution in [1.29, 1.82) is 0 Å². The van der Waals surface area contributed by atoms with Crippen LogP contribution in [0.4, 0.5) is 0 Å². The number of thioether (sulfide) groups is 1. The molecule has 0 aromatic rings. The highest BCUT2D eigenvalue weighted by atomic mass is 32.2. The highest BCUT2D eigenvalue weighted by Gasteiger charge is 2.34. The molecule has 12 heavy (non-hydrogen) atoms. The van der Waals surface area contributed by atoms with Gasteiger partial charge < -0.3 is 5.73 Å². The van der Waals surface area contributed by atoms with Gasteiger partial charge in [0.15, 0.2) is 0 Å². The number of rotatable bonds is 2. The minimum absolute atomic E-state index is 0.869. The molecule has 1 aliphatic heterocycles. The van der Waals surface area contributed by atoms with Gasteiger partial charge in [0.2, 0.25) is 0 Å². The molecule has 0 aromatic heterocycles. The zero-order valence-electron chi connectivity index (χ0n) is 7.67. The average Bonchev–Trinajstić information content (AvgIpc) is 2.74. The Labute approximate surface area is 79.5 Å². The van der Waals surface area contributed by atoms with E-state index >= 15 is 0 Å². The summed E-state index contributed by atoms with van der Waals surface area (Å²) in [7, 11) is 0. The summed E-state index contributed by atoms with van der Waals surface area (Å²) in [6.07, 6.45) is 5.77. The second kappa shape index (κ2) is 4.01. The molecule has 0 aromatic carbocycles. The summed E-state index contributed by atoms with van der Waals surface area (Å²) in [6, 6.07) is 0. The van der Waals surface area contributed by atoms with E-state index in [0.717, 1.165) is 24.3 Å². The van der Waals surface area contributed by atoms with E-state index in [0.29, 0.717) is 0 Å². The Kier molecular flexibility index (Phi) is 2.97. The summed E-state index contributed by atoms with van der Waals surface area (Å²) in [5.41, 5.74) is 5.79. The van der Waals surface area contributed by atoms with Crippen LogP contribution in [0.2, 0.25) is 0 Å². The molecule has 0 amide bonds. The molecule has 2 rings (SSSR count). The summed E-state index contributed by atoms with van der Waals surface area (Å²) in [5, 5.41) is 0. The highest BCUT2D eigenvalue weighted by Crippen LogP contribution is 2.42. The Bertz CT molecular complexity index is 143. The van der Waals surface area contributed by atoms with Crippen LogP contribution in [0, 0.1) is 17.8 Å². The monoisotopic (exact) mass is 185 g/mol. The molecule has 3 unspecified atom stereocenters. The molecular formula is C10H19NS. The smallest absolute Gasteiger partial charge is 0.00361 e. The predicted molar refractivity (Wildman–Crippen MR) is 55.3 cm³/mol. The maximum absolute atomic E-state index is 5.79. The molecule has 2 heteroatoms. The van der Waals surface area contributed by atoms with Gasteiger partial charge >= 0.3 is 0 Å². The summed E-state index contributed by atoms with van der Waals surface area (Å²) in [5.74, 6) is 5.70. The van der Waals surface area contributed by atoms with Crippen LogP contribution in [0.1, 0.15) is 25.7 Å². The quantitative estimate of drug-likeness (QED) is 0.713. The molecular weight excluding hydrogens is 166 g/mol. The lowest BCUT2D eigenvalue weighted by Gasteiger charge is -2.23. The minimum Gasteiger partial charge on any atom is -0.330 e. The first kappa shape index (κ1) is 8.89. The molecule has 0 bridgehead atoms. The molecule has 0 radical (unpaired) electrons. The van der Waals surface area contributed by atoms with E-state index in [1.165, 1.54) is 37.2 Å². The molecule has 3 atom stereocenters. The highest BCUT2D eigenvalue weighted by molar-refractivity contribution is 7.99. The van der Waals surface area contributed by atoms with Gasteiger partial charge in [-0.3, -0.25) is 0 Å². The van der Waals surface area contributed by atoms with Crippen LogP contribution in [0.15, 0.2) is 0 Å². The van der Waals surface area contributed by atoms with Crippen molar-refractivity contribution >= 4 is 11.8 Å². The fourth-order valence-corrected chi connectivity index (χ4v) is 4.22. The Morgan fingerprint density at radius 2 is 2.17 bits per heavy atom. The Morgan fingerprint density at radius 3 is 2.83 bits per heavy atom. The maximum Gasteiger partial charge on any atom is -0.00361 e. The van der Waals surface area contributed by atoms with E-state index in [-0.39, 0.29) is 0 Å². The van der Waals surface area contributed by atoms with Gasteiger partial charge in [-0.25, -0.2) is 0 Å². The largest absolute Gasteiger partial charge is 0.330 e. The lowest BCUT2D eigenvalue weighted by molar-refractivity contribution is 0.288. The molecule has 2 N–H and O–H groups in total. The molecule has 1 saturated carbocycles. The molecule has 2 aliphatic rings. The molecule has 0 spiro atoms. The Morgan fingerprint density at radius 1 is 1.25 bits per heavy atom. The molecule has 1 nitrogen and oxygen atoms in total. The molecule has 70 valence electrons. The maximum atomic E-state index is 5.79. The summed E-state index contributed by atoms with van der Waals surface area (Å²) < 4.78 is 0. The zero-order valence-corrected chi connectivity index (χ0v) is 8.48. The minimum atomic E-state index is 0.869. The first-order valence-corrected chi connectivity index (χ1v) is 6.35. The van der Waals surface area contributed by atoms with Crippen molar-refractivity contribution < 1.29 is 0 Å². The summed E-state index contributed by atoms with van der Waals surface area (Å²) in [6.45, 7) is 0.936. The van der Waals surface area contributed by atoms with E-state index in [2.05, 4.69) is 11.8 Å². The van der Waals surface area contributed by atoms with Crippen molar-refractivity contribution in [2.75, 3.05) is 18.1 Å². The van der Waals surface area contributed by atoms with Crippen molar-refractivity contribution in [1.82, 2.24) is 0 Å². The van der Waals surface area contributed by atoms with Gasteiger partial charge in [-0.15, -0.1) is 0 Å². The third kappa shape index (κ3) is 1.64. The van der Waals surface area contributed by atoms with Crippen molar-refractivity contribution in [3.63, 3.8) is 0 Å². The predicted octanol–water partition coefficient (Wildman–Crippen LogP) is 2.11. The third-order valence-electron chi connectivity index (χ3n) is 3.59. The van der Waals surface area contributed by atoms with E-state index < -0.39 is 0 Å². The number of nitrogens with two attached hydrogens (primary N) is 1. The SMILES string of the molecule is NCC1CCCC1C1CCSC1. The van der Waals surface area contributed by atoms with Gasteiger partial charge in [-0.05, 0) is 55.1 Å². The van der Waals surface area contributed by atoms with Crippen molar-refractivity contribution in [2.45, 2.75) is 25.7 Å². The van der Waals surface area contributed by atoms with E-state index in [1.807, 2.05) is 0 Å². The lowest BCUT2D eigenvalue weighted by Crippen LogP contribution is -2.24. The van der Waals surface area contributed by atoms with Crippen LogP contribution < -0.4 is 5.73 Å². The number of hydrogen-bond acceptors (Lipinski definition) is 2. The normalized spacial score (nSPS) is 42.2. The standard InChI is InChI=1S/C10H19NS/c11-6-8-2-1-3-10(8)9-4-5-12-7-9/h8-10H,1-7,11H2. The third-order valence-corrected chi connectivity index (χ3v) is 4.78. The van der Waals surface area contributed by atoms with Gasteiger partial charge in [0, 0.05) is 0 Å². The molecule has 1 aliphatic carbocycles. The fraction of sp³-hybridized carbons (Fsp3) is 1.00. The second-order valence-electron chi connectivity index (χ2n) is 4.21. The van der Waals surface area contributed by atoms with Gasteiger partial charge in [-0.1, -0.05) is 6.42 Å². The van der Waals surface area contributed by atoms with Crippen LogP contribution in [-0.2, 0) is 0 Å². The van der Waals surface area contributed by atoms with Crippen LogP contribution in [-0.4, -0.2) is 18.1 Å².